The Kier molecular flexibility index (Phi) is 5.97. The van der Waals surface area contributed by atoms with E-state index in [1.165, 1.54) is 0 Å². The van der Waals surface area contributed by atoms with Gasteiger partial charge in [0.1, 0.15) is 0 Å². The van der Waals surface area contributed by atoms with Crippen LogP contribution >= 0.6 is 0 Å². The summed E-state index contributed by atoms with van der Waals surface area (Å²) in [5, 5.41) is 20.9. The van der Waals surface area contributed by atoms with E-state index in [1.54, 1.807) is 13.8 Å². The van der Waals surface area contributed by atoms with Gasteiger partial charge in [-0.15, -0.1) is 0 Å². The van der Waals surface area contributed by atoms with Crippen LogP contribution in [0.1, 0.15) is 40.5 Å². The molecule has 96 valence electrons. The maximum absolute atomic E-state index is 10.9. The maximum atomic E-state index is 10.9. The highest BCUT2D eigenvalue weighted by Crippen LogP contribution is 2.21. The maximum Gasteiger partial charge on any atom is 0.310 e. The molecule has 0 aromatic heterocycles. The summed E-state index contributed by atoms with van der Waals surface area (Å²) >= 11 is 0. The van der Waals surface area contributed by atoms with Crippen LogP contribution < -0.4 is 5.32 Å². The molecule has 0 aromatic rings. The van der Waals surface area contributed by atoms with Gasteiger partial charge in [0.15, 0.2) is 0 Å². The van der Waals surface area contributed by atoms with E-state index in [1.807, 2.05) is 0 Å². The average molecular weight is 231 g/mol. The summed E-state index contributed by atoms with van der Waals surface area (Å²) in [7, 11) is 0. The summed E-state index contributed by atoms with van der Waals surface area (Å²) in [5.41, 5.74) is -0.635. The quantitative estimate of drug-likeness (QED) is 0.592. The molecule has 0 heterocycles. The Labute approximate surface area is 98.1 Å². The van der Waals surface area contributed by atoms with Gasteiger partial charge >= 0.3 is 5.97 Å². The van der Waals surface area contributed by atoms with Crippen LogP contribution in [-0.2, 0) is 4.79 Å². The first-order valence-corrected chi connectivity index (χ1v) is 5.76. The molecule has 0 amide bonds. The van der Waals surface area contributed by atoms with Gasteiger partial charge in [-0.2, -0.15) is 0 Å². The van der Waals surface area contributed by atoms with E-state index in [9.17, 15) is 4.79 Å². The third-order valence-electron chi connectivity index (χ3n) is 2.76. The number of rotatable bonds is 8. The number of hydrogen-bond acceptors (Lipinski definition) is 3. The Bertz CT molecular complexity index is 224. The molecular weight excluding hydrogens is 206 g/mol. The molecule has 0 saturated heterocycles. The number of hydrogen-bond donors (Lipinski definition) is 3. The molecule has 0 radical (unpaired) electrons. The predicted molar refractivity (Wildman–Crippen MR) is 64.4 cm³/mol. The molecule has 16 heavy (non-hydrogen) atoms. The lowest BCUT2D eigenvalue weighted by atomic mass is 9.87. The summed E-state index contributed by atoms with van der Waals surface area (Å²) < 4.78 is 0. The topological polar surface area (TPSA) is 69.6 Å². The minimum atomic E-state index is -0.784. The highest BCUT2D eigenvalue weighted by molar-refractivity contribution is 5.73. The van der Waals surface area contributed by atoms with Crippen molar-refractivity contribution in [2.75, 3.05) is 19.7 Å². The van der Waals surface area contributed by atoms with E-state index in [-0.39, 0.29) is 12.0 Å². The Hall–Kier alpha value is -0.610. The SMILES string of the molecule is CC(C)(CCCO)CNCC(C)(C)C(=O)O. The number of carboxylic acid groups (broad SMARTS) is 1. The Morgan fingerprint density at radius 2 is 1.75 bits per heavy atom. The first-order chi connectivity index (χ1) is 7.21. The van der Waals surface area contributed by atoms with Crippen LogP contribution in [0.3, 0.4) is 0 Å². The van der Waals surface area contributed by atoms with Gasteiger partial charge < -0.3 is 15.5 Å². The summed E-state index contributed by atoms with van der Waals surface area (Å²) in [4.78, 5) is 10.9. The van der Waals surface area contributed by atoms with Gasteiger partial charge in [0.05, 0.1) is 5.41 Å². The van der Waals surface area contributed by atoms with E-state index in [0.717, 1.165) is 19.4 Å². The van der Waals surface area contributed by atoms with Gasteiger partial charge in [-0.25, -0.2) is 0 Å². The van der Waals surface area contributed by atoms with Crippen molar-refractivity contribution in [3.63, 3.8) is 0 Å². The van der Waals surface area contributed by atoms with Crippen molar-refractivity contribution < 1.29 is 15.0 Å². The van der Waals surface area contributed by atoms with E-state index in [0.29, 0.717) is 6.54 Å². The van der Waals surface area contributed by atoms with Crippen LogP contribution in [0.2, 0.25) is 0 Å². The van der Waals surface area contributed by atoms with Crippen LogP contribution in [0.25, 0.3) is 0 Å². The molecule has 0 atom stereocenters. The highest BCUT2D eigenvalue weighted by atomic mass is 16.4. The minimum Gasteiger partial charge on any atom is -0.481 e. The average Bonchev–Trinajstić information content (AvgIpc) is 2.14. The number of aliphatic carboxylic acids is 1. The second-order valence-electron chi connectivity index (χ2n) is 5.78. The number of aliphatic hydroxyl groups excluding tert-OH is 1. The zero-order chi connectivity index (χ0) is 12.8. The van der Waals surface area contributed by atoms with E-state index < -0.39 is 11.4 Å². The van der Waals surface area contributed by atoms with Gasteiger partial charge in [0.2, 0.25) is 0 Å². The molecule has 4 nitrogen and oxygen atoms in total. The molecular formula is C12H25NO3. The third-order valence-corrected chi connectivity index (χ3v) is 2.76. The lowest BCUT2D eigenvalue weighted by Crippen LogP contribution is -2.40. The summed E-state index contributed by atoms with van der Waals surface area (Å²) in [5.74, 6) is -0.784. The molecule has 0 aliphatic carbocycles. The lowest BCUT2D eigenvalue weighted by Gasteiger charge is -2.27. The Morgan fingerprint density at radius 1 is 1.19 bits per heavy atom. The van der Waals surface area contributed by atoms with Gasteiger partial charge in [-0.3, -0.25) is 4.79 Å². The van der Waals surface area contributed by atoms with Crippen molar-refractivity contribution in [2.45, 2.75) is 40.5 Å². The van der Waals surface area contributed by atoms with E-state index in [4.69, 9.17) is 10.2 Å². The van der Waals surface area contributed by atoms with Crippen molar-refractivity contribution >= 4 is 5.97 Å². The number of nitrogens with one attached hydrogen (secondary N) is 1. The van der Waals surface area contributed by atoms with Gasteiger partial charge in [-0.05, 0) is 32.1 Å². The van der Waals surface area contributed by atoms with Crippen LogP contribution in [0, 0.1) is 10.8 Å². The van der Waals surface area contributed by atoms with Crippen molar-refractivity contribution in [1.82, 2.24) is 5.32 Å². The Balaban J connectivity index is 3.93. The second kappa shape index (κ2) is 6.21. The first kappa shape index (κ1) is 15.4. The molecule has 0 rings (SSSR count). The van der Waals surface area contributed by atoms with Gasteiger partial charge in [0, 0.05) is 19.7 Å². The standard InChI is InChI=1S/C12H25NO3/c1-11(2,6-5-7-14)8-13-9-12(3,4)10(15)16/h13-14H,5-9H2,1-4H3,(H,15,16). The fraction of sp³-hybridized carbons (Fsp3) is 0.917. The van der Waals surface area contributed by atoms with E-state index >= 15 is 0 Å². The normalized spacial score (nSPS) is 12.8. The van der Waals surface area contributed by atoms with Gasteiger partial charge in [-0.1, -0.05) is 13.8 Å². The number of carboxylic acids is 1. The largest absolute Gasteiger partial charge is 0.481 e. The molecule has 0 fully saturated rings. The van der Waals surface area contributed by atoms with Crippen LogP contribution in [0.5, 0.6) is 0 Å². The summed E-state index contributed by atoms with van der Waals surface area (Å²) in [6, 6.07) is 0. The molecule has 0 bridgehead atoms. The Morgan fingerprint density at radius 3 is 2.19 bits per heavy atom. The molecule has 0 aromatic carbocycles. The van der Waals surface area contributed by atoms with Crippen molar-refractivity contribution in [3.05, 3.63) is 0 Å². The second-order valence-corrected chi connectivity index (χ2v) is 5.78. The molecule has 0 aliphatic heterocycles. The number of carbonyl (C=O) groups is 1. The zero-order valence-electron chi connectivity index (χ0n) is 10.8. The first-order valence-electron chi connectivity index (χ1n) is 5.76. The molecule has 0 aliphatic rings. The van der Waals surface area contributed by atoms with Crippen molar-refractivity contribution in [3.8, 4) is 0 Å². The molecule has 4 heteroatoms. The van der Waals surface area contributed by atoms with Crippen molar-refractivity contribution in [2.24, 2.45) is 10.8 Å². The fourth-order valence-electron chi connectivity index (χ4n) is 1.43. The van der Waals surface area contributed by atoms with Crippen LogP contribution in [0.15, 0.2) is 0 Å². The zero-order valence-corrected chi connectivity index (χ0v) is 10.8. The van der Waals surface area contributed by atoms with Crippen molar-refractivity contribution in [1.29, 1.82) is 0 Å². The smallest absolute Gasteiger partial charge is 0.310 e. The predicted octanol–water partition coefficient (Wildman–Crippen LogP) is 1.49. The monoisotopic (exact) mass is 231 g/mol. The van der Waals surface area contributed by atoms with Gasteiger partial charge in [0.25, 0.3) is 0 Å². The lowest BCUT2D eigenvalue weighted by molar-refractivity contribution is -0.146. The summed E-state index contributed by atoms with van der Waals surface area (Å²) in [6.45, 7) is 9.09. The van der Waals surface area contributed by atoms with Crippen LogP contribution in [0.4, 0.5) is 0 Å². The molecule has 3 N–H and O–H groups in total. The van der Waals surface area contributed by atoms with E-state index in [2.05, 4.69) is 19.2 Å². The highest BCUT2D eigenvalue weighted by Gasteiger charge is 2.27. The molecule has 0 unspecified atom stereocenters. The minimum absolute atomic E-state index is 0.0946. The molecule has 0 spiro atoms. The van der Waals surface area contributed by atoms with Crippen LogP contribution in [-0.4, -0.2) is 35.9 Å². The fourth-order valence-corrected chi connectivity index (χ4v) is 1.43. The molecule has 0 saturated carbocycles. The third kappa shape index (κ3) is 6.08. The number of aliphatic hydroxyl groups is 1. The summed E-state index contributed by atoms with van der Waals surface area (Å²) in [6.07, 6.45) is 1.72.